The number of nitrogens with two attached hydrogens (primary N) is 1. The quantitative estimate of drug-likeness (QED) is 0.718. The Morgan fingerprint density at radius 2 is 2.00 bits per heavy atom. The second-order valence-electron chi connectivity index (χ2n) is 5.01. The van der Waals surface area contributed by atoms with Gasteiger partial charge in [0.2, 0.25) is 0 Å². The minimum Gasteiger partial charge on any atom is -0.399 e. The molecule has 21 heavy (non-hydrogen) atoms. The summed E-state index contributed by atoms with van der Waals surface area (Å²) in [6.07, 6.45) is 0. The highest BCUT2D eigenvalue weighted by molar-refractivity contribution is 7.17. The maximum absolute atomic E-state index is 12.5. The molecule has 0 fully saturated rings. The van der Waals surface area contributed by atoms with Crippen LogP contribution in [0.4, 0.5) is 5.69 Å². The Bertz CT molecular complexity index is 794. The molecule has 0 aliphatic rings. The van der Waals surface area contributed by atoms with Crippen molar-refractivity contribution in [2.45, 2.75) is 13.0 Å². The number of thiophene rings is 1. The van der Waals surface area contributed by atoms with Gasteiger partial charge in [-0.05, 0) is 30.7 Å². The fraction of sp³-hybridized carbons (Fsp3) is 0.118. The number of amides is 1. The van der Waals surface area contributed by atoms with Crippen molar-refractivity contribution in [3.8, 4) is 0 Å². The van der Waals surface area contributed by atoms with Crippen LogP contribution in [0.1, 0.15) is 28.9 Å². The van der Waals surface area contributed by atoms with Crippen LogP contribution in [0.15, 0.2) is 53.9 Å². The molecular formula is C17H16N2OS. The van der Waals surface area contributed by atoms with E-state index >= 15 is 0 Å². The molecule has 3 N–H and O–H groups in total. The Balaban J connectivity index is 1.83. The Labute approximate surface area is 127 Å². The molecule has 3 aromatic rings. The minimum absolute atomic E-state index is 0.0534. The smallest absolute Gasteiger partial charge is 0.253 e. The summed E-state index contributed by atoms with van der Waals surface area (Å²) in [4.78, 5) is 12.5. The third-order valence-electron chi connectivity index (χ3n) is 3.48. The number of carbonyl (C=O) groups excluding carboxylic acids is 1. The van der Waals surface area contributed by atoms with Crippen LogP contribution in [0.2, 0.25) is 0 Å². The lowest BCUT2D eigenvalue weighted by Crippen LogP contribution is -2.26. The lowest BCUT2D eigenvalue weighted by Gasteiger charge is -2.14. The van der Waals surface area contributed by atoms with Crippen LogP contribution in [-0.2, 0) is 0 Å². The summed E-state index contributed by atoms with van der Waals surface area (Å²) in [5, 5.41) is 5.94. The molecule has 3 rings (SSSR count). The van der Waals surface area contributed by atoms with E-state index in [0.29, 0.717) is 5.69 Å². The lowest BCUT2D eigenvalue weighted by atomic mass is 10.1. The number of hydrogen-bond acceptors (Lipinski definition) is 3. The summed E-state index contributed by atoms with van der Waals surface area (Å²) < 4.78 is 1.12. The number of nitrogen functional groups attached to an aromatic ring is 1. The summed E-state index contributed by atoms with van der Waals surface area (Å²) in [7, 11) is 0. The molecule has 1 unspecified atom stereocenters. The van der Waals surface area contributed by atoms with Crippen molar-refractivity contribution in [1.29, 1.82) is 0 Å². The van der Waals surface area contributed by atoms with Gasteiger partial charge in [-0.25, -0.2) is 0 Å². The number of nitrogens with one attached hydrogen (secondary N) is 1. The number of hydrogen-bond donors (Lipinski definition) is 2. The van der Waals surface area contributed by atoms with Crippen LogP contribution in [0, 0.1) is 0 Å². The van der Waals surface area contributed by atoms with Gasteiger partial charge in [0.1, 0.15) is 0 Å². The molecule has 1 aromatic heterocycles. The Hall–Kier alpha value is -2.33. The van der Waals surface area contributed by atoms with Crippen LogP contribution in [-0.4, -0.2) is 5.91 Å². The molecule has 0 spiro atoms. The first-order chi connectivity index (χ1) is 10.1. The van der Waals surface area contributed by atoms with Crippen molar-refractivity contribution >= 4 is 33.0 Å². The highest BCUT2D eigenvalue weighted by Crippen LogP contribution is 2.26. The minimum atomic E-state index is -0.0836. The Morgan fingerprint density at radius 1 is 1.19 bits per heavy atom. The summed E-state index contributed by atoms with van der Waals surface area (Å²) >= 11 is 1.59. The average molecular weight is 296 g/mol. The highest BCUT2D eigenvalue weighted by atomic mass is 32.1. The standard InChI is InChI=1S/C17H16N2OS/c1-11(12-5-4-6-13(18)9-12)19-17(20)15-10-21-16-8-3-2-7-14(15)16/h2-11H,18H2,1H3,(H,19,20). The van der Waals surface area contributed by atoms with Crippen molar-refractivity contribution in [2.75, 3.05) is 5.73 Å². The van der Waals surface area contributed by atoms with Crippen molar-refractivity contribution in [2.24, 2.45) is 0 Å². The summed E-state index contributed by atoms with van der Waals surface area (Å²) in [5.74, 6) is -0.0534. The SMILES string of the molecule is CC(NC(=O)c1csc2ccccc12)c1cccc(N)c1. The van der Waals surface area contributed by atoms with E-state index < -0.39 is 0 Å². The molecule has 1 amide bonds. The molecule has 0 aliphatic carbocycles. The zero-order valence-electron chi connectivity index (χ0n) is 11.7. The first-order valence-electron chi connectivity index (χ1n) is 6.77. The van der Waals surface area contributed by atoms with Gasteiger partial charge in [0.15, 0.2) is 0 Å². The molecule has 0 saturated carbocycles. The molecule has 4 heteroatoms. The van der Waals surface area contributed by atoms with Gasteiger partial charge in [-0.3, -0.25) is 4.79 Å². The van der Waals surface area contributed by atoms with E-state index in [4.69, 9.17) is 5.73 Å². The van der Waals surface area contributed by atoms with Crippen LogP contribution < -0.4 is 11.1 Å². The fourth-order valence-corrected chi connectivity index (χ4v) is 3.28. The summed E-state index contributed by atoms with van der Waals surface area (Å²) in [6, 6.07) is 15.4. The van der Waals surface area contributed by atoms with Gasteiger partial charge in [0, 0.05) is 21.2 Å². The Morgan fingerprint density at radius 3 is 2.81 bits per heavy atom. The molecule has 2 aromatic carbocycles. The molecule has 106 valence electrons. The first-order valence-corrected chi connectivity index (χ1v) is 7.65. The van der Waals surface area contributed by atoms with E-state index in [2.05, 4.69) is 5.32 Å². The van der Waals surface area contributed by atoms with E-state index in [1.807, 2.05) is 60.8 Å². The maximum atomic E-state index is 12.5. The molecule has 1 heterocycles. The number of benzene rings is 2. The third kappa shape index (κ3) is 2.76. The van der Waals surface area contributed by atoms with E-state index in [9.17, 15) is 4.79 Å². The fourth-order valence-electron chi connectivity index (χ4n) is 2.34. The third-order valence-corrected chi connectivity index (χ3v) is 4.45. The van der Waals surface area contributed by atoms with Crippen LogP contribution in [0.5, 0.6) is 0 Å². The molecule has 0 saturated heterocycles. The van der Waals surface area contributed by atoms with Gasteiger partial charge in [-0.1, -0.05) is 30.3 Å². The molecule has 0 radical (unpaired) electrons. The number of rotatable bonds is 3. The van der Waals surface area contributed by atoms with Crippen molar-refractivity contribution < 1.29 is 4.79 Å². The van der Waals surface area contributed by atoms with Gasteiger partial charge in [-0.2, -0.15) is 0 Å². The van der Waals surface area contributed by atoms with Gasteiger partial charge in [0.25, 0.3) is 5.91 Å². The van der Waals surface area contributed by atoms with Gasteiger partial charge in [-0.15, -0.1) is 11.3 Å². The van der Waals surface area contributed by atoms with Gasteiger partial charge in [0.05, 0.1) is 11.6 Å². The van der Waals surface area contributed by atoms with E-state index in [1.54, 1.807) is 11.3 Å². The predicted octanol–water partition coefficient (Wildman–Crippen LogP) is 3.97. The topological polar surface area (TPSA) is 55.1 Å². The van der Waals surface area contributed by atoms with Crippen LogP contribution in [0.3, 0.4) is 0 Å². The monoisotopic (exact) mass is 296 g/mol. The molecule has 1 atom stereocenters. The van der Waals surface area contributed by atoms with Crippen molar-refractivity contribution in [1.82, 2.24) is 5.32 Å². The highest BCUT2D eigenvalue weighted by Gasteiger charge is 2.15. The lowest BCUT2D eigenvalue weighted by molar-refractivity contribution is 0.0942. The molecule has 0 aliphatic heterocycles. The van der Waals surface area contributed by atoms with Gasteiger partial charge >= 0.3 is 0 Å². The van der Waals surface area contributed by atoms with Crippen molar-refractivity contribution in [3.05, 3.63) is 65.0 Å². The number of anilines is 1. The van der Waals surface area contributed by atoms with Crippen LogP contribution in [0.25, 0.3) is 10.1 Å². The first kappa shape index (κ1) is 13.6. The molecule has 3 nitrogen and oxygen atoms in total. The van der Waals surface area contributed by atoms with E-state index in [-0.39, 0.29) is 11.9 Å². The number of fused-ring (bicyclic) bond motifs is 1. The maximum Gasteiger partial charge on any atom is 0.253 e. The summed E-state index contributed by atoms with van der Waals surface area (Å²) in [5.41, 5.74) is 8.22. The zero-order chi connectivity index (χ0) is 14.8. The van der Waals surface area contributed by atoms with Crippen LogP contribution >= 0.6 is 11.3 Å². The Kier molecular flexibility index (Phi) is 3.62. The second-order valence-corrected chi connectivity index (χ2v) is 5.92. The van der Waals surface area contributed by atoms with E-state index in [0.717, 1.165) is 21.2 Å². The van der Waals surface area contributed by atoms with Gasteiger partial charge < -0.3 is 11.1 Å². The largest absolute Gasteiger partial charge is 0.399 e. The van der Waals surface area contributed by atoms with Crippen molar-refractivity contribution in [3.63, 3.8) is 0 Å². The molecular weight excluding hydrogens is 280 g/mol. The zero-order valence-corrected chi connectivity index (χ0v) is 12.5. The number of carbonyl (C=O) groups is 1. The molecule has 0 bridgehead atoms. The van der Waals surface area contributed by atoms with E-state index in [1.165, 1.54) is 0 Å². The second kappa shape index (κ2) is 5.58. The predicted molar refractivity (Wildman–Crippen MR) is 88.6 cm³/mol. The summed E-state index contributed by atoms with van der Waals surface area (Å²) in [6.45, 7) is 1.96. The normalized spacial score (nSPS) is 12.2. The average Bonchev–Trinajstić information content (AvgIpc) is 2.91.